The van der Waals surface area contributed by atoms with Gasteiger partial charge >= 0.3 is 0 Å². The van der Waals surface area contributed by atoms with Crippen LogP contribution in [0.4, 0.5) is 5.69 Å². The average Bonchev–Trinajstić information content (AvgIpc) is 3.18. The fourth-order valence-corrected chi connectivity index (χ4v) is 8.46. The highest BCUT2D eigenvalue weighted by molar-refractivity contribution is 7.92. The van der Waals surface area contributed by atoms with Crippen molar-refractivity contribution in [1.82, 2.24) is 10.2 Å². The van der Waals surface area contributed by atoms with E-state index >= 15 is 0 Å². The van der Waals surface area contributed by atoms with Crippen molar-refractivity contribution in [2.45, 2.75) is 62.0 Å². The van der Waals surface area contributed by atoms with Gasteiger partial charge < -0.3 is 15.0 Å². The third-order valence-corrected chi connectivity index (χ3v) is 11.8. The number of hydrogen-bond acceptors (Lipinski definition) is 5. The molecule has 1 fully saturated rings. The molecule has 0 saturated heterocycles. The van der Waals surface area contributed by atoms with Crippen LogP contribution in [0.15, 0.2) is 138 Å². The number of carbonyl (C=O) groups excluding carboxylic acids is 2. The van der Waals surface area contributed by atoms with Gasteiger partial charge in [-0.05, 0) is 79.1 Å². The molecule has 1 saturated carbocycles. The SMILES string of the molecule is O=C(NC1CCCCC1)C(Cc1ccccc1)N(Cc1c(Cl)cccc1Cl)C(=O)CN(c1ccc(Oc2ccccc2)cc1)S(=O)(=O)c1ccccc1. The Kier molecular flexibility index (Phi) is 12.7. The number of halogens is 2. The molecule has 1 N–H and O–H groups in total. The lowest BCUT2D eigenvalue weighted by Gasteiger charge is -2.35. The van der Waals surface area contributed by atoms with E-state index < -0.39 is 28.5 Å². The quantitative estimate of drug-likeness (QED) is 0.122. The van der Waals surface area contributed by atoms with Crippen LogP contribution >= 0.6 is 23.2 Å². The molecule has 6 rings (SSSR count). The van der Waals surface area contributed by atoms with Crippen LogP contribution in [0.25, 0.3) is 0 Å². The number of ether oxygens (including phenoxy) is 1. The molecule has 11 heteroatoms. The lowest BCUT2D eigenvalue weighted by atomic mass is 9.94. The number of amides is 2. The molecule has 0 aliphatic heterocycles. The monoisotopic (exact) mass is 769 g/mol. The van der Waals surface area contributed by atoms with Gasteiger partial charge in [-0.1, -0.05) is 115 Å². The second-order valence-electron chi connectivity index (χ2n) is 13.0. The molecule has 0 spiro atoms. The van der Waals surface area contributed by atoms with Crippen LogP contribution in [0, 0.1) is 0 Å². The zero-order valence-corrected chi connectivity index (χ0v) is 31.4. The van der Waals surface area contributed by atoms with E-state index in [1.54, 1.807) is 60.7 Å². The van der Waals surface area contributed by atoms with Gasteiger partial charge in [-0.2, -0.15) is 0 Å². The lowest BCUT2D eigenvalue weighted by Crippen LogP contribution is -2.55. The molecule has 1 atom stereocenters. The number of anilines is 1. The molecule has 8 nitrogen and oxygen atoms in total. The van der Waals surface area contributed by atoms with Gasteiger partial charge in [-0.15, -0.1) is 0 Å². The Morgan fingerprint density at radius 2 is 1.28 bits per heavy atom. The molecule has 1 unspecified atom stereocenters. The van der Waals surface area contributed by atoms with Gasteiger partial charge in [-0.3, -0.25) is 13.9 Å². The second kappa shape index (κ2) is 17.8. The fourth-order valence-electron chi connectivity index (χ4n) is 6.51. The van der Waals surface area contributed by atoms with E-state index in [9.17, 15) is 18.0 Å². The van der Waals surface area contributed by atoms with Crippen molar-refractivity contribution in [2.75, 3.05) is 10.8 Å². The average molecular weight is 771 g/mol. The molecule has 5 aromatic rings. The Bertz CT molecular complexity index is 2060. The molecule has 5 aromatic carbocycles. The Labute approximate surface area is 321 Å². The fraction of sp³-hybridized carbons (Fsp3) is 0.238. The molecule has 1 aliphatic rings. The summed E-state index contributed by atoms with van der Waals surface area (Å²) in [4.78, 5) is 30.7. The van der Waals surface area contributed by atoms with Crippen molar-refractivity contribution in [1.29, 1.82) is 0 Å². The van der Waals surface area contributed by atoms with E-state index in [-0.39, 0.29) is 35.5 Å². The van der Waals surface area contributed by atoms with Crippen LogP contribution in [-0.2, 0) is 32.6 Å². The van der Waals surface area contributed by atoms with Crippen LogP contribution < -0.4 is 14.4 Å². The minimum Gasteiger partial charge on any atom is -0.457 e. The number of nitrogens with zero attached hydrogens (tertiary/aromatic N) is 2. The number of carbonyl (C=O) groups is 2. The van der Waals surface area contributed by atoms with Gasteiger partial charge in [0.15, 0.2) is 0 Å². The maximum atomic E-state index is 14.9. The standard InChI is InChI=1S/C42H41Cl2N3O5S/c43-38-22-13-23-39(44)37(38)29-46(40(28-31-14-5-1-6-15-31)42(49)45-32-16-7-2-8-17-32)41(48)30-47(53(50,51)36-20-11-4-12-21-36)33-24-26-35(27-25-33)52-34-18-9-3-10-19-34/h1,3-6,9-15,18-27,32,40H,2,7-8,16-17,28-30H2,(H,45,49). The summed E-state index contributed by atoms with van der Waals surface area (Å²) < 4.78 is 35.8. The summed E-state index contributed by atoms with van der Waals surface area (Å²) >= 11 is 13.3. The zero-order chi connectivity index (χ0) is 37.2. The van der Waals surface area contributed by atoms with Crippen molar-refractivity contribution in [2.24, 2.45) is 0 Å². The molecule has 53 heavy (non-hydrogen) atoms. The van der Waals surface area contributed by atoms with Crippen LogP contribution in [0.5, 0.6) is 11.5 Å². The van der Waals surface area contributed by atoms with Crippen LogP contribution in [-0.4, -0.2) is 43.8 Å². The number of para-hydroxylation sites is 1. The van der Waals surface area contributed by atoms with E-state index in [0.717, 1.165) is 42.0 Å². The molecular formula is C42H41Cl2N3O5S. The molecule has 0 bridgehead atoms. The maximum absolute atomic E-state index is 14.9. The van der Waals surface area contributed by atoms with Gasteiger partial charge in [0, 0.05) is 34.6 Å². The number of benzene rings is 5. The van der Waals surface area contributed by atoms with Crippen molar-refractivity contribution < 1.29 is 22.7 Å². The summed E-state index contributed by atoms with van der Waals surface area (Å²) in [6.07, 6.45) is 5.01. The van der Waals surface area contributed by atoms with E-state index in [4.69, 9.17) is 27.9 Å². The first-order valence-electron chi connectivity index (χ1n) is 17.7. The first kappa shape index (κ1) is 37.9. The maximum Gasteiger partial charge on any atom is 0.264 e. The van der Waals surface area contributed by atoms with Gasteiger partial charge in [0.2, 0.25) is 11.8 Å². The molecule has 274 valence electrons. The summed E-state index contributed by atoms with van der Waals surface area (Å²) in [7, 11) is -4.28. The molecule has 2 amide bonds. The number of rotatable bonds is 14. The smallest absolute Gasteiger partial charge is 0.264 e. The van der Waals surface area contributed by atoms with E-state index in [1.807, 2.05) is 60.7 Å². The number of sulfonamides is 1. The van der Waals surface area contributed by atoms with Gasteiger partial charge in [0.1, 0.15) is 24.1 Å². The third-order valence-electron chi connectivity index (χ3n) is 9.33. The second-order valence-corrected chi connectivity index (χ2v) is 15.7. The molecule has 0 heterocycles. The van der Waals surface area contributed by atoms with Crippen molar-refractivity contribution >= 4 is 50.7 Å². The minimum atomic E-state index is -4.28. The summed E-state index contributed by atoms with van der Waals surface area (Å²) in [6, 6.07) is 37.1. The predicted octanol–water partition coefficient (Wildman–Crippen LogP) is 9.07. The zero-order valence-electron chi connectivity index (χ0n) is 29.1. The van der Waals surface area contributed by atoms with Crippen molar-refractivity contribution in [3.05, 3.63) is 155 Å². The molecule has 1 aliphatic carbocycles. The van der Waals surface area contributed by atoms with Crippen LogP contribution in [0.3, 0.4) is 0 Å². The number of nitrogens with one attached hydrogen (secondary N) is 1. The lowest BCUT2D eigenvalue weighted by molar-refractivity contribution is -0.140. The van der Waals surface area contributed by atoms with Gasteiger partial charge in [0.25, 0.3) is 10.0 Å². The van der Waals surface area contributed by atoms with Gasteiger partial charge in [-0.25, -0.2) is 8.42 Å². The van der Waals surface area contributed by atoms with Crippen LogP contribution in [0.1, 0.15) is 43.2 Å². The first-order chi connectivity index (χ1) is 25.7. The van der Waals surface area contributed by atoms with Crippen molar-refractivity contribution in [3.8, 4) is 11.5 Å². The van der Waals surface area contributed by atoms with Gasteiger partial charge in [0.05, 0.1) is 10.6 Å². The summed E-state index contributed by atoms with van der Waals surface area (Å²) in [5, 5.41) is 3.86. The predicted molar refractivity (Wildman–Crippen MR) is 210 cm³/mol. The Morgan fingerprint density at radius 1 is 0.717 bits per heavy atom. The van der Waals surface area contributed by atoms with Crippen molar-refractivity contribution in [3.63, 3.8) is 0 Å². The summed E-state index contributed by atoms with van der Waals surface area (Å²) in [5.74, 6) is 0.177. The molecule has 0 aromatic heterocycles. The summed E-state index contributed by atoms with van der Waals surface area (Å²) in [5.41, 5.74) is 1.53. The highest BCUT2D eigenvalue weighted by Crippen LogP contribution is 2.31. The normalized spacial score (nSPS) is 13.8. The first-order valence-corrected chi connectivity index (χ1v) is 19.9. The van der Waals surface area contributed by atoms with E-state index in [1.165, 1.54) is 17.0 Å². The topological polar surface area (TPSA) is 96.0 Å². The third kappa shape index (κ3) is 9.79. The largest absolute Gasteiger partial charge is 0.457 e. The van der Waals surface area contributed by atoms with Crippen LogP contribution in [0.2, 0.25) is 10.0 Å². The highest BCUT2D eigenvalue weighted by Gasteiger charge is 2.36. The Hall–Kier alpha value is -4.83. The Balaban J connectivity index is 1.40. The molecule has 0 radical (unpaired) electrons. The summed E-state index contributed by atoms with van der Waals surface area (Å²) in [6.45, 7) is -0.740. The Morgan fingerprint density at radius 3 is 1.91 bits per heavy atom. The molecular weight excluding hydrogens is 729 g/mol. The highest BCUT2D eigenvalue weighted by atomic mass is 35.5. The van der Waals surface area contributed by atoms with E-state index in [2.05, 4.69) is 5.32 Å². The van der Waals surface area contributed by atoms with E-state index in [0.29, 0.717) is 27.1 Å². The number of hydrogen-bond donors (Lipinski definition) is 1. The minimum absolute atomic E-state index is 0.00832.